The molecular formula is C20H35NO15. The molecule has 0 aromatic carbocycles. The molecule has 210 valence electrons. The first kappa shape index (κ1) is 29.5. The molecule has 3 rings (SSSR count). The van der Waals surface area contributed by atoms with Crippen LogP contribution < -0.4 is 5.32 Å². The van der Waals surface area contributed by atoms with Gasteiger partial charge in [-0.15, -0.1) is 0 Å². The van der Waals surface area contributed by atoms with Crippen molar-refractivity contribution in [3.05, 3.63) is 0 Å². The van der Waals surface area contributed by atoms with Crippen molar-refractivity contribution in [3.63, 3.8) is 0 Å². The van der Waals surface area contributed by atoms with Crippen LogP contribution in [0.4, 0.5) is 0 Å². The Morgan fingerprint density at radius 3 is 1.97 bits per heavy atom. The number of ether oxygens (including phenoxy) is 4. The number of amides is 1. The fourth-order valence-corrected chi connectivity index (χ4v) is 4.87. The van der Waals surface area contributed by atoms with Gasteiger partial charge < -0.3 is 75.3 Å². The maximum Gasteiger partial charge on any atom is 0.217 e. The maximum atomic E-state index is 12.0. The first-order valence-electron chi connectivity index (χ1n) is 11.4. The molecule has 0 aromatic heterocycles. The fourth-order valence-electron chi connectivity index (χ4n) is 4.87. The Bertz CT molecular complexity index is 759. The summed E-state index contributed by atoms with van der Waals surface area (Å²) in [7, 11) is 0. The minimum Gasteiger partial charge on any atom is -0.394 e. The van der Waals surface area contributed by atoms with Crippen LogP contribution in [0.5, 0.6) is 0 Å². The van der Waals surface area contributed by atoms with Crippen LogP contribution in [-0.2, 0) is 23.7 Å². The normalized spacial score (nSPS) is 52.1. The third-order valence-corrected chi connectivity index (χ3v) is 6.87. The Hall–Kier alpha value is -1.09. The molecule has 0 saturated carbocycles. The Kier molecular flexibility index (Phi) is 9.28. The smallest absolute Gasteiger partial charge is 0.217 e. The fraction of sp³-hybridized carbons (Fsp3) is 0.950. The van der Waals surface area contributed by atoms with Gasteiger partial charge in [0.1, 0.15) is 72.7 Å². The van der Waals surface area contributed by atoms with Crippen LogP contribution in [0.2, 0.25) is 0 Å². The Balaban J connectivity index is 2.07. The van der Waals surface area contributed by atoms with Gasteiger partial charge in [-0.3, -0.25) is 4.79 Å². The summed E-state index contributed by atoms with van der Waals surface area (Å²) >= 11 is 0. The highest BCUT2D eigenvalue weighted by atomic mass is 16.7. The van der Waals surface area contributed by atoms with Crippen molar-refractivity contribution >= 4 is 5.91 Å². The van der Waals surface area contributed by atoms with E-state index in [4.69, 9.17) is 18.9 Å². The van der Waals surface area contributed by atoms with Crippen LogP contribution in [0.3, 0.4) is 0 Å². The zero-order valence-electron chi connectivity index (χ0n) is 19.5. The highest BCUT2D eigenvalue weighted by molar-refractivity contribution is 5.73. The molecule has 0 radical (unpaired) electrons. The predicted octanol–water partition coefficient (Wildman–Crippen LogP) is -7.01. The molecule has 16 heteroatoms. The lowest BCUT2D eigenvalue weighted by Crippen LogP contribution is -2.80. The maximum absolute atomic E-state index is 12.0. The topological polar surface area (TPSA) is 268 Å². The molecule has 11 N–H and O–H groups in total. The molecule has 0 aromatic rings. The van der Waals surface area contributed by atoms with Crippen LogP contribution in [0, 0.1) is 0 Å². The van der Waals surface area contributed by atoms with Crippen LogP contribution in [0.1, 0.15) is 13.8 Å². The third kappa shape index (κ3) is 5.12. The number of carbonyl (C=O) groups excluding carboxylic acids is 1. The number of hydrogen-bond donors (Lipinski definition) is 11. The third-order valence-electron chi connectivity index (χ3n) is 6.87. The number of rotatable bonds is 6. The average molecular weight is 529 g/mol. The van der Waals surface area contributed by atoms with E-state index in [1.807, 2.05) is 0 Å². The molecule has 3 aliphatic rings. The van der Waals surface area contributed by atoms with E-state index >= 15 is 0 Å². The molecule has 1 unspecified atom stereocenters. The van der Waals surface area contributed by atoms with Gasteiger partial charge in [-0.05, 0) is 6.92 Å². The van der Waals surface area contributed by atoms with E-state index < -0.39 is 110 Å². The lowest BCUT2D eigenvalue weighted by molar-refractivity contribution is -0.384. The van der Waals surface area contributed by atoms with Gasteiger partial charge in [0.15, 0.2) is 12.6 Å². The summed E-state index contributed by atoms with van der Waals surface area (Å²) in [6.45, 7) is 0.616. The van der Waals surface area contributed by atoms with E-state index in [-0.39, 0.29) is 0 Å². The Labute approximate surface area is 205 Å². The van der Waals surface area contributed by atoms with Crippen LogP contribution in [-0.4, -0.2) is 162 Å². The molecule has 3 saturated heterocycles. The summed E-state index contributed by atoms with van der Waals surface area (Å²) in [5, 5.41) is 106. The van der Waals surface area contributed by atoms with Gasteiger partial charge in [-0.1, -0.05) is 0 Å². The van der Waals surface area contributed by atoms with Gasteiger partial charge in [0.2, 0.25) is 5.91 Å². The standard InChI is InChI=1S/C20H35NO15/c1-5-9(25)11(27)13(29)17(33-5)20(32)15(21-6(2)24)18(31)34-8(4-23)16(20)36-19-14(30)12(28)10(26)7(3-22)35-19/h5,7-19,22-23,25-32H,3-4H2,1-2H3,(H,21,24)/t5-,7+,8+,9+,10-,11+,12-,13-,14+,15-,16+,17+,18?,19-,20+/m0/s1. The van der Waals surface area contributed by atoms with Crippen molar-refractivity contribution in [2.45, 2.75) is 105 Å². The highest BCUT2D eigenvalue weighted by Gasteiger charge is 2.66. The molecule has 1 amide bonds. The van der Waals surface area contributed by atoms with Crippen molar-refractivity contribution in [1.82, 2.24) is 5.32 Å². The summed E-state index contributed by atoms with van der Waals surface area (Å²) in [6, 6.07) is -1.83. The first-order chi connectivity index (χ1) is 16.8. The summed E-state index contributed by atoms with van der Waals surface area (Å²) < 4.78 is 21.9. The van der Waals surface area contributed by atoms with E-state index in [2.05, 4.69) is 5.32 Å². The van der Waals surface area contributed by atoms with E-state index in [1.165, 1.54) is 6.92 Å². The highest BCUT2D eigenvalue weighted by Crippen LogP contribution is 2.41. The molecule has 0 spiro atoms. The number of hydrogen-bond acceptors (Lipinski definition) is 15. The molecule has 3 fully saturated rings. The molecule has 36 heavy (non-hydrogen) atoms. The molecular weight excluding hydrogens is 494 g/mol. The monoisotopic (exact) mass is 529 g/mol. The Morgan fingerprint density at radius 2 is 1.42 bits per heavy atom. The van der Waals surface area contributed by atoms with Gasteiger partial charge >= 0.3 is 0 Å². The van der Waals surface area contributed by atoms with E-state index in [9.17, 15) is 55.9 Å². The first-order valence-corrected chi connectivity index (χ1v) is 11.4. The molecule has 3 aliphatic heterocycles. The second-order valence-electron chi connectivity index (χ2n) is 9.30. The minimum atomic E-state index is -2.75. The zero-order valence-corrected chi connectivity index (χ0v) is 19.5. The molecule has 0 aliphatic carbocycles. The zero-order chi connectivity index (χ0) is 27.1. The second kappa shape index (κ2) is 11.3. The Morgan fingerprint density at radius 1 is 0.833 bits per heavy atom. The van der Waals surface area contributed by atoms with Crippen molar-refractivity contribution in [3.8, 4) is 0 Å². The number of nitrogens with one attached hydrogen (secondary N) is 1. The van der Waals surface area contributed by atoms with Gasteiger partial charge in [0, 0.05) is 6.92 Å². The lowest BCUT2D eigenvalue weighted by atomic mass is 9.73. The van der Waals surface area contributed by atoms with Gasteiger partial charge in [0.05, 0.1) is 19.3 Å². The van der Waals surface area contributed by atoms with E-state index in [0.717, 1.165) is 6.92 Å². The number of aliphatic hydroxyl groups is 10. The molecule has 0 bridgehead atoms. The van der Waals surface area contributed by atoms with Gasteiger partial charge in [-0.25, -0.2) is 0 Å². The summed E-state index contributed by atoms with van der Waals surface area (Å²) in [5.41, 5.74) is -2.75. The van der Waals surface area contributed by atoms with Crippen molar-refractivity contribution in [2.24, 2.45) is 0 Å². The minimum absolute atomic E-state index is 0.783. The van der Waals surface area contributed by atoms with Gasteiger partial charge in [-0.2, -0.15) is 0 Å². The van der Waals surface area contributed by atoms with E-state index in [0.29, 0.717) is 0 Å². The number of aliphatic hydroxyl groups excluding tert-OH is 9. The van der Waals surface area contributed by atoms with Crippen molar-refractivity contribution in [1.29, 1.82) is 0 Å². The largest absolute Gasteiger partial charge is 0.394 e. The molecule has 16 nitrogen and oxygen atoms in total. The average Bonchev–Trinajstić information content (AvgIpc) is 2.83. The van der Waals surface area contributed by atoms with Gasteiger partial charge in [0.25, 0.3) is 0 Å². The van der Waals surface area contributed by atoms with Crippen LogP contribution >= 0.6 is 0 Å². The van der Waals surface area contributed by atoms with Crippen molar-refractivity contribution in [2.75, 3.05) is 13.2 Å². The second-order valence-corrected chi connectivity index (χ2v) is 9.30. The van der Waals surface area contributed by atoms with Crippen LogP contribution in [0.15, 0.2) is 0 Å². The predicted molar refractivity (Wildman–Crippen MR) is 112 cm³/mol. The summed E-state index contributed by atoms with van der Waals surface area (Å²) in [4.78, 5) is 11.9. The summed E-state index contributed by atoms with van der Waals surface area (Å²) in [6.07, 6.45) is -23.0. The lowest BCUT2D eigenvalue weighted by Gasteiger charge is -2.57. The SMILES string of the molecule is CC(=O)N[C@H]1C(O)O[C@H](CO)[C@@H](O[C@@H]2O[C@H](CO)[C@H](O)[C@H](O)[C@H]2O)[C@@]1(O)[C@@H]1O[C@@H](C)[C@@H](O)[C@@H](O)[C@@H]1O. The quantitative estimate of drug-likeness (QED) is 0.153. The van der Waals surface area contributed by atoms with Crippen LogP contribution in [0.25, 0.3) is 0 Å². The molecule has 3 heterocycles. The number of carbonyl (C=O) groups is 1. The summed E-state index contributed by atoms with van der Waals surface area (Å²) in [5.74, 6) is -0.783. The molecule has 15 atom stereocenters. The van der Waals surface area contributed by atoms with E-state index in [1.54, 1.807) is 0 Å². The van der Waals surface area contributed by atoms with Crippen molar-refractivity contribution < 1.29 is 74.8 Å².